The molecule has 1 aliphatic carbocycles. The van der Waals surface area contributed by atoms with E-state index in [2.05, 4.69) is 12.1 Å². The van der Waals surface area contributed by atoms with Gasteiger partial charge in [-0.15, -0.1) is 0 Å². The fourth-order valence-corrected chi connectivity index (χ4v) is 4.17. The minimum absolute atomic E-state index is 0.0113. The minimum atomic E-state index is 0.0113. The Morgan fingerprint density at radius 1 is 1.11 bits per heavy atom. The number of carbonyl (C=O) groups is 1. The summed E-state index contributed by atoms with van der Waals surface area (Å²) >= 11 is 6.04. The number of nitrogens with zero attached hydrogens (tertiary/aromatic N) is 1. The van der Waals surface area contributed by atoms with Gasteiger partial charge in [-0.25, -0.2) is 0 Å². The van der Waals surface area contributed by atoms with Gasteiger partial charge in [-0.3, -0.25) is 4.79 Å². The Kier molecular flexibility index (Phi) is 5.26. The molecule has 0 spiro atoms. The van der Waals surface area contributed by atoms with Gasteiger partial charge in [0.15, 0.2) is 11.5 Å². The fourth-order valence-electron chi connectivity index (χ4n) is 3.98. The summed E-state index contributed by atoms with van der Waals surface area (Å²) < 4.78 is 11.8. The molecule has 142 valence electrons. The topological polar surface area (TPSA) is 38.8 Å². The highest BCUT2D eigenvalue weighted by Crippen LogP contribution is 2.36. The molecule has 5 heteroatoms. The van der Waals surface area contributed by atoms with Crippen molar-refractivity contribution in [2.45, 2.75) is 44.8 Å². The first kappa shape index (κ1) is 18.2. The number of hydrogen-bond acceptors (Lipinski definition) is 3. The highest BCUT2D eigenvalue weighted by molar-refractivity contribution is 6.30. The van der Waals surface area contributed by atoms with Crippen LogP contribution >= 0.6 is 11.6 Å². The van der Waals surface area contributed by atoms with Crippen molar-refractivity contribution in [1.82, 2.24) is 4.90 Å². The molecule has 4 rings (SSSR count). The second-order valence-corrected chi connectivity index (χ2v) is 7.72. The highest BCUT2D eigenvalue weighted by Gasteiger charge is 2.25. The number of ether oxygens (including phenoxy) is 2. The molecule has 2 aromatic carbocycles. The van der Waals surface area contributed by atoms with Crippen LogP contribution in [0, 0.1) is 0 Å². The number of carbonyl (C=O) groups excluding carboxylic acids is 1. The normalized spacial score (nSPS) is 16.9. The molecule has 0 radical (unpaired) electrons. The zero-order valence-corrected chi connectivity index (χ0v) is 16.3. The maximum atomic E-state index is 12.9. The van der Waals surface area contributed by atoms with Crippen molar-refractivity contribution >= 4 is 17.5 Å². The van der Waals surface area contributed by atoms with Crippen molar-refractivity contribution in [3.05, 3.63) is 58.1 Å². The van der Waals surface area contributed by atoms with Crippen LogP contribution < -0.4 is 9.47 Å². The Labute approximate surface area is 165 Å². The standard InChI is InChI=1S/C22H24ClNO3/c1-26-20-12-15-9-10-24(22(25)16-5-4-6-18(23)11-16)14-17(15)13-21(20)27-19-7-2-3-8-19/h4-6,11-13,19H,2-3,7-10,14H2,1H3. The Hall–Kier alpha value is -2.20. The number of methoxy groups -OCH3 is 1. The van der Waals surface area contributed by atoms with Crippen LogP contribution in [0.25, 0.3) is 0 Å². The third kappa shape index (κ3) is 3.91. The van der Waals surface area contributed by atoms with E-state index in [1.165, 1.54) is 18.4 Å². The maximum Gasteiger partial charge on any atom is 0.254 e. The number of fused-ring (bicyclic) bond motifs is 1. The molecule has 1 amide bonds. The van der Waals surface area contributed by atoms with E-state index in [-0.39, 0.29) is 12.0 Å². The highest BCUT2D eigenvalue weighted by atomic mass is 35.5. The number of amides is 1. The van der Waals surface area contributed by atoms with Gasteiger partial charge in [-0.05, 0) is 73.6 Å². The van der Waals surface area contributed by atoms with E-state index in [0.29, 0.717) is 23.7 Å². The molecule has 1 heterocycles. The van der Waals surface area contributed by atoms with Crippen molar-refractivity contribution in [3.63, 3.8) is 0 Å². The third-order valence-corrected chi connectivity index (χ3v) is 5.69. The van der Waals surface area contributed by atoms with Crippen LogP contribution in [-0.2, 0) is 13.0 Å². The van der Waals surface area contributed by atoms with Crippen LogP contribution in [-0.4, -0.2) is 30.6 Å². The molecule has 0 unspecified atom stereocenters. The summed E-state index contributed by atoms with van der Waals surface area (Å²) in [6, 6.07) is 11.3. The molecular weight excluding hydrogens is 362 g/mol. The average Bonchev–Trinajstić information content (AvgIpc) is 3.19. The SMILES string of the molecule is COc1cc2c(cc1OC1CCCC1)CN(C(=O)c1cccc(Cl)c1)CC2. The van der Waals surface area contributed by atoms with Crippen molar-refractivity contribution in [1.29, 1.82) is 0 Å². The predicted molar refractivity (Wildman–Crippen MR) is 106 cm³/mol. The van der Waals surface area contributed by atoms with Gasteiger partial charge in [0, 0.05) is 23.7 Å². The van der Waals surface area contributed by atoms with E-state index in [0.717, 1.165) is 36.3 Å². The van der Waals surface area contributed by atoms with E-state index in [1.807, 2.05) is 17.0 Å². The fraction of sp³-hybridized carbons (Fsp3) is 0.409. The second-order valence-electron chi connectivity index (χ2n) is 7.28. The minimum Gasteiger partial charge on any atom is -0.493 e. The molecule has 1 aliphatic heterocycles. The van der Waals surface area contributed by atoms with Crippen molar-refractivity contribution in [2.24, 2.45) is 0 Å². The first-order valence-corrected chi connectivity index (χ1v) is 9.93. The lowest BCUT2D eigenvalue weighted by Gasteiger charge is -2.30. The lowest BCUT2D eigenvalue weighted by molar-refractivity contribution is 0.0734. The van der Waals surface area contributed by atoms with Gasteiger partial charge in [0.05, 0.1) is 13.2 Å². The largest absolute Gasteiger partial charge is 0.493 e. The van der Waals surface area contributed by atoms with Gasteiger partial charge >= 0.3 is 0 Å². The molecule has 4 nitrogen and oxygen atoms in total. The summed E-state index contributed by atoms with van der Waals surface area (Å²) in [5.41, 5.74) is 2.98. The van der Waals surface area contributed by atoms with E-state index in [9.17, 15) is 4.79 Å². The monoisotopic (exact) mass is 385 g/mol. The summed E-state index contributed by atoms with van der Waals surface area (Å²) in [5.74, 6) is 1.59. The maximum absolute atomic E-state index is 12.9. The van der Waals surface area contributed by atoms with Crippen molar-refractivity contribution in [3.8, 4) is 11.5 Å². The second kappa shape index (κ2) is 7.81. The number of benzene rings is 2. The summed E-state index contributed by atoms with van der Waals surface area (Å²) in [4.78, 5) is 14.7. The average molecular weight is 386 g/mol. The summed E-state index contributed by atoms with van der Waals surface area (Å²) in [6.07, 6.45) is 5.71. The lowest BCUT2D eigenvalue weighted by Crippen LogP contribution is -2.36. The molecule has 0 saturated heterocycles. The Morgan fingerprint density at radius 2 is 1.89 bits per heavy atom. The van der Waals surface area contributed by atoms with Gasteiger partial charge in [0.1, 0.15) is 0 Å². The van der Waals surface area contributed by atoms with E-state index in [1.54, 1.807) is 19.2 Å². The van der Waals surface area contributed by atoms with Crippen LogP contribution in [0.4, 0.5) is 0 Å². The molecule has 27 heavy (non-hydrogen) atoms. The van der Waals surface area contributed by atoms with Crippen LogP contribution in [0.15, 0.2) is 36.4 Å². The summed E-state index contributed by atoms with van der Waals surface area (Å²) in [6.45, 7) is 1.26. The molecule has 2 aromatic rings. The number of hydrogen-bond donors (Lipinski definition) is 0. The zero-order valence-electron chi connectivity index (χ0n) is 15.5. The Balaban J connectivity index is 1.56. The van der Waals surface area contributed by atoms with Gasteiger partial charge in [0.2, 0.25) is 0 Å². The lowest BCUT2D eigenvalue weighted by atomic mass is 9.98. The molecule has 1 fully saturated rings. The van der Waals surface area contributed by atoms with E-state index >= 15 is 0 Å². The molecule has 0 N–H and O–H groups in total. The van der Waals surface area contributed by atoms with Gasteiger partial charge < -0.3 is 14.4 Å². The van der Waals surface area contributed by atoms with Crippen LogP contribution in [0.1, 0.15) is 47.2 Å². The molecular formula is C22H24ClNO3. The third-order valence-electron chi connectivity index (χ3n) is 5.45. The first-order chi connectivity index (χ1) is 13.1. The molecule has 2 aliphatic rings. The van der Waals surface area contributed by atoms with Gasteiger partial charge in [-0.1, -0.05) is 17.7 Å². The quantitative estimate of drug-likeness (QED) is 0.753. The van der Waals surface area contributed by atoms with E-state index < -0.39 is 0 Å². The first-order valence-electron chi connectivity index (χ1n) is 9.55. The predicted octanol–water partition coefficient (Wildman–Crippen LogP) is 4.87. The summed E-state index contributed by atoms with van der Waals surface area (Å²) in [7, 11) is 1.68. The van der Waals surface area contributed by atoms with Crippen molar-refractivity contribution in [2.75, 3.05) is 13.7 Å². The number of halogens is 1. The van der Waals surface area contributed by atoms with Crippen LogP contribution in [0.3, 0.4) is 0 Å². The summed E-state index contributed by atoms with van der Waals surface area (Å²) in [5, 5.41) is 0.579. The zero-order chi connectivity index (χ0) is 18.8. The van der Waals surface area contributed by atoms with Crippen LogP contribution in [0.2, 0.25) is 5.02 Å². The van der Waals surface area contributed by atoms with E-state index in [4.69, 9.17) is 21.1 Å². The smallest absolute Gasteiger partial charge is 0.254 e. The van der Waals surface area contributed by atoms with Crippen LogP contribution in [0.5, 0.6) is 11.5 Å². The van der Waals surface area contributed by atoms with Gasteiger partial charge in [0.25, 0.3) is 5.91 Å². The van der Waals surface area contributed by atoms with Gasteiger partial charge in [-0.2, -0.15) is 0 Å². The molecule has 1 saturated carbocycles. The Morgan fingerprint density at radius 3 is 2.63 bits per heavy atom. The number of rotatable bonds is 4. The van der Waals surface area contributed by atoms with Crippen molar-refractivity contribution < 1.29 is 14.3 Å². The molecule has 0 aromatic heterocycles. The molecule has 0 atom stereocenters. The Bertz CT molecular complexity index is 845. The molecule has 0 bridgehead atoms.